The van der Waals surface area contributed by atoms with Crippen molar-refractivity contribution in [3.8, 4) is 0 Å². The molecule has 16 heavy (non-hydrogen) atoms. The third-order valence-corrected chi connectivity index (χ3v) is 4.78. The Morgan fingerprint density at radius 2 is 2.12 bits per heavy atom. The topological polar surface area (TPSA) is 60.2 Å². The summed E-state index contributed by atoms with van der Waals surface area (Å²) < 4.78 is 24.1. The average Bonchev–Trinajstić information content (AvgIpc) is 3.00. The summed E-state index contributed by atoms with van der Waals surface area (Å²) in [5.74, 6) is 0.487. The Morgan fingerprint density at radius 1 is 1.44 bits per heavy atom. The van der Waals surface area contributed by atoms with Crippen LogP contribution in [0.4, 0.5) is 0 Å². The number of rotatable bonds is 4. The molecule has 0 aromatic heterocycles. The van der Waals surface area contributed by atoms with E-state index < -0.39 is 9.84 Å². The highest BCUT2D eigenvalue weighted by Crippen LogP contribution is 2.32. The van der Waals surface area contributed by atoms with Gasteiger partial charge in [0.2, 0.25) is 0 Å². The molecule has 4 heteroatoms. The van der Waals surface area contributed by atoms with E-state index in [1.165, 1.54) is 0 Å². The van der Waals surface area contributed by atoms with E-state index in [1.54, 1.807) is 18.2 Å². The molecule has 1 fully saturated rings. The van der Waals surface area contributed by atoms with Gasteiger partial charge < -0.3 is 5.73 Å². The quantitative estimate of drug-likeness (QED) is 0.866. The highest BCUT2D eigenvalue weighted by atomic mass is 32.2. The number of nitrogens with two attached hydrogens (primary N) is 1. The van der Waals surface area contributed by atoms with Crippen LogP contribution in [0.5, 0.6) is 0 Å². The van der Waals surface area contributed by atoms with E-state index >= 15 is 0 Å². The zero-order valence-corrected chi connectivity index (χ0v) is 10.2. The van der Waals surface area contributed by atoms with Gasteiger partial charge in [0.05, 0.1) is 10.6 Å². The highest BCUT2D eigenvalue weighted by molar-refractivity contribution is 7.91. The van der Waals surface area contributed by atoms with Gasteiger partial charge in [-0.15, -0.1) is 0 Å². The van der Waals surface area contributed by atoms with Gasteiger partial charge in [-0.3, -0.25) is 0 Å². The first-order valence-corrected chi connectivity index (χ1v) is 7.19. The third kappa shape index (κ3) is 2.62. The Balaban J connectivity index is 2.17. The molecule has 1 aliphatic carbocycles. The number of aryl methyl sites for hydroxylation is 1. The van der Waals surface area contributed by atoms with Crippen molar-refractivity contribution < 1.29 is 8.42 Å². The lowest BCUT2D eigenvalue weighted by Gasteiger charge is -2.11. The molecule has 0 heterocycles. The van der Waals surface area contributed by atoms with Gasteiger partial charge in [-0.2, -0.15) is 0 Å². The Hall–Kier alpha value is -0.870. The molecule has 88 valence electrons. The van der Waals surface area contributed by atoms with E-state index in [2.05, 4.69) is 0 Å². The molecule has 1 aromatic carbocycles. The molecule has 0 saturated heterocycles. The van der Waals surface area contributed by atoms with Gasteiger partial charge in [-0.25, -0.2) is 8.42 Å². The molecule has 1 aliphatic rings. The van der Waals surface area contributed by atoms with Gasteiger partial charge in [0.1, 0.15) is 0 Å². The Morgan fingerprint density at radius 3 is 2.69 bits per heavy atom. The lowest BCUT2D eigenvalue weighted by Crippen LogP contribution is -2.31. The first kappa shape index (κ1) is 11.6. The Bertz CT molecular complexity index is 478. The summed E-state index contributed by atoms with van der Waals surface area (Å²) in [6.07, 6.45) is 2.15. The van der Waals surface area contributed by atoms with Gasteiger partial charge in [-0.05, 0) is 43.4 Å². The van der Waals surface area contributed by atoms with E-state index in [-0.39, 0.29) is 11.8 Å². The maximum absolute atomic E-state index is 12.0. The van der Waals surface area contributed by atoms with Crippen molar-refractivity contribution in [1.29, 1.82) is 0 Å². The maximum Gasteiger partial charge on any atom is 0.179 e. The normalized spacial score (nSPS) is 18.4. The van der Waals surface area contributed by atoms with Gasteiger partial charge >= 0.3 is 0 Å². The zero-order valence-electron chi connectivity index (χ0n) is 9.39. The third-order valence-electron chi connectivity index (χ3n) is 2.99. The van der Waals surface area contributed by atoms with E-state index in [0.717, 1.165) is 18.4 Å². The molecule has 0 aliphatic heterocycles. The molecule has 0 bridgehead atoms. The van der Waals surface area contributed by atoms with Crippen LogP contribution < -0.4 is 5.73 Å². The van der Waals surface area contributed by atoms with Gasteiger partial charge in [0, 0.05) is 6.04 Å². The second-order valence-electron chi connectivity index (χ2n) is 4.60. The van der Waals surface area contributed by atoms with Crippen molar-refractivity contribution in [2.75, 3.05) is 5.75 Å². The van der Waals surface area contributed by atoms with Crippen molar-refractivity contribution in [2.45, 2.75) is 30.7 Å². The largest absolute Gasteiger partial charge is 0.327 e. The Kier molecular flexibility index (Phi) is 3.04. The minimum atomic E-state index is -3.21. The lowest BCUT2D eigenvalue weighted by molar-refractivity contribution is 0.574. The van der Waals surface area contributed by atoms with Crippen LogP contribution in [0.15, 0.2) is 29.2 Å². The van der Waals surface area contributed by atoms with Crippen molar-refractivity contribution in [1.82, 2.24) is 0 Å². The molecule has 0 amide bonds. The first-order chi connectivity index (χ1) is 7.49. The van der Waals surface area contributed by atoms with E-state index in [1.807, 2.05) is 13.0 Å². The molecule has 1 saturated carbocycles. The van der Waals surface area contributed by atoms with Gasteiger partial charge in [-0.1, -0.05) is 12.1 Å². The molecule has 0 spiro atoms. The molecule has 1 aromatic rings. The van der Waals surface area contributed by atoms with Crippen molar-refractivity contribution in [3.05, 3.63) is 29.8 Å². The van der Waals surface area contributed by atoms with Crippen molar-refractivity contribution >= 4 is 9.84 Å². The van der Waals surface area contributed by atoms with Crippen LogP contribution in [0.2, 0.25) is 0 Å². The molecule has 1 atom stereocenters. The summed E-state index contributed by atoms with van der Waals surface area (Å²) in [5, 5.41) is 0. The smallest absolute Gasteiger partial charge is 0.179 e. The summed E-state index contributed by atoms with van der Waals surface area (Å²) >= 11 is 0. The van der Waals surface area contributed by atoms with Crippen molar-refractivity contribution in [3.63, 3.8) is 0 Å². The maximum atomic E-state index is 12.0. The fraction of sp³-hybridized carbons (Fsp3) is 0.500. The van der Waals surface area contributed by atoms with Gasteiger partial charge in [0.25, 0.3) is 0 Å². The molecular weight excluding hydrogens is 222 g/mol. The van der Waals surface area contributed by atoms with Crippen molar-refractivity contribution in [2.24, 2.45) is 11.7 Å². The molecule has 3 nitrogen and oxygen atoms in total. The summed E-state index contributed by atoms with van der Waals surface area (Å²) in [4.78, 5) is 0.392. The van der Waals surface area contributed by atoms with Crippen LogP contribution in [0.25, 0.3) is 0 Å². The number of hydrogen-bond acceptors (Lipinski definition) is 3. The predicted octanol–water partition coefficient (Wildman–Crippen LogP) is 1.51. The van der Waals surface area contributed by atoms with Crippen LogP contribution in [-0.2, 0) is 9.84 Å². The van der Waals surface area contributed by atoms with E-state index in [0.29, 0.717) is 10.8 Å². The van der Waals surface area contributed by atoms with Crippen LogP contribution in [0.1, 0.15) is 18.4 Å². The summed E-state index contributed by atoms with van der Waals surface area (Å²) in [6.45, 7) is 1.89. The Labute approximate surface area is 96.6 Å². The fourth-order valence-corrected chi connectivity index (χ4v) is 3.44. The lowest BCUT2D eigenvalue weighted by atomic mass is 10.2. The van der Waals surface area contributed by atoms with Crippen LogP contribution in [0.3, 0.4) is 0 Å². The minimum absolute atomic E-state index is 0.0706. The molecule has 2 rings (SSSR count). The molecule has 0 radical (unpaired) electrons. The minimum Gasteiger partial charge on any atom is -0.327 e. The SMILES string of the molecule is Cc1cccc(S(=O)(=O)CC(N)C2CC2)c1. The summed E-state index contributed by atoms with van der Waals surface area (Å²) in [7, 11) is -3.21. The second kappa shape index (κ2) is 4.18. The van der Waals surface area contributed by atoms with Crippen LogP contribution >= 0.6 is 0 Å². The molecule has 2 N–H and O–H groups in total. The summed E-state index contributed by atoms with van der Waals surface area (Å²) in [5.41, 5.74) is 6.82. The number of benzene rings is 1. The average molecular weight is 239 g/mol. The highest BCUT2D eigenvalue weighted by Gasteiger charge is 2.32. The van der Waals surface area contributed by atoms with Gasteiger partial charge in [0.15, 0.2) is 9.84 Å². The molecular formula is C12H17NO2S. The van der Waals surface area contributed by atoms with E-state index in [4.69, 9.17) is 5.73 Å². The zero-order chi connectivity index (χ0) is 11.8. The number of sulfone groups is 1. The standard InChI is InChI=1S/C12H17NO2S/c1-9-3-2-4-11(7-9)16(14,15)8-12(13)10-5-6-10/h2-4,7,10,12H,5-6,8,13H2,1H3. The molecule has 1 unspecified atom stereocenters. The first-order valence-electron chi connectivity index (χ1n) is 5.54. The van der Waals surface area contributed by atoms with E-state index in [9.17, 15) is 8.42 Å². The number of hydrogen-bond donors (Lipinski definition) is 1. The predicted molar refractivity (Wildman–Crippen MR) is 63.9 cm³/mol. The fourth-order valence-electron chi connectivity index (χ4n) is 1.82. The van der Waals surface area contributed by atoms with Crippen LogP contribution in [-0.4, -0.2) is 20.2 Å². The van der Waals surface area contributed by atoms with Crippen LogP contribution in [0, 0.1) is 12.8 Å². The summed E-state index contributed by atoms with van der Waals surface area (Å²) in [6, 6.07) is 6.80. The second-order valence-corrected chi connectivity index (χ2v) is 6.63. The monoisotopic (exact) mass is 239 g/mol.